The molecule has 0 aromatic heterocycles. The molecule has 130 valence electrons. The number of nitrogens with one attached hydrogen (secondary N) is 3. The van der Waals surface area contributed by atoms with Crippen molar-refractivity contribution in [3.8, 4) is 0 Å². The molecule has 1 amide bonds. The number of carbonyl (C=O) groups is 1. The van der Waals surface area contributed by atoms with E-state index in [-0.39, 0.29) is 11.7 Å². The monoisotopic (exact) mass is 323 g/mol. The van der Waals surface area contributed by atoms with Crippen LogP contribution in [0.4, 0.5) is 4.79 Å². The lowest BCUT2D eigenvalue weighted by Crippen LogP contribution is -2.63. The van der Waals surface area contributed by atoms with Crippen LogP contribution in [0.25, 0.3) is 0 Å². The predicted molar refractivity (Wildman–Crippen MR) is 86.2 cm³/mol. The van der Waals surface area contributed by atoms with E-state index >= 15 is 0 Å². The summed E-state index contributed by atoms with van der Waals surface area (Å²) in [5.41, 5.74) is -0.265. The minimum Gasteiger partial charge on any atom is -0.442 e. The molecule has 4 fully saturated rings. The summed E-state index contributed by atoms with van der Waals surface area (Å²) < 4.78 is 11.5. The fourth-order valence-corrected chi connectivity index (χ4v) is 5.25. The highest BCUT2D eigenvalue weighted by molar-refractivity contribution is 5.68. The minimum absolute atomic E-state index is 0.225. The molecule has 1 spiro atoms. The highest BCUT2D eigenvalue weighted by atomic mass is 16.6. The number of amides is 1. The van der Waals surface area contributed by atoms with Crippen molar-refractivity contribution < 1.29 is 14.3 Å². The van der Waals surface area contributed by atoms with E-state index in [0.717, 1.165) is 64.7 Å². The highest BCUT2D eigenvalue weighted by Crippen LogP contribution is 2.47. The average Bonchev–Trinajstić information content (AvgIpc) is 2.52. The van der Waals surface area contributed by atoms with Crippen LogP contribution in [-0.2, 0) is 9.47 Å². The van der Waals surface area contributed by atoms with Crippen molar-refractivity contribution in [3.05, 3.63) is 0 Å². The Morgan fingerprint density at radius 3 is 2.48 bits per heavy atom. The van der Waals surface area contributed by atoms with Crippen molar-refractivity contribution >= 4 is 6.09 Å². The van der Waals surface area contributed by atoms with Crippen molar-refractivity contribution in [3.63, 3.8) is 0 Å². The van der Waals surface area contributed by atoms with Crippen LogP contribution in [-0.4, -0.2) is 57.6 Å². The molecule has 0 saturated carbocycles. The highest BCUT2D eigenvalue weighted by Gasteiger charge is 2.53. The summed E-state index contributed by atoms with van der Waals surface area (Å²) in [6, 6.07) is 0. The largest absolute Gasteiger partial charge is 0.442 e. The molecule has 3 N–H and O–H groups in total. The summed E-state index contributed by atoms with van der Waals surface area (Å²) in [4.78, 5) is 11.9. The Morgan fingerprint density at radius 1 is 1.00 bits per heavy atom. The van der Waals surface area contributed by atoms with Crippen molar-refractivity contribution in [1.29, 1.82) is 0 Å². The Hall–Kier alpha value is -0.850. The molecule has 4 heterocycles. The van der Waals surface area contributed by atoms with Gasteiger partial charge in [-0.1, -0.05) is 0 Å². The van der Waals surface area contributed by atoms with Crippen LogP contribution >= 0.6 is 0 Å². The van der Waals surface area contributed by atoms with Gasteiger partial charge in [0.1, 0.15) is 5.60 Å². The first-order valence-corrected chi connectivity index (χ1v) is 9.24. The maximum Gasteiger partial charge on any atom is 0.407 e. The Bertz CT molecular complexity index is 433. The Labute approximate surface area is 138 Å². The second-order valence-electron chi connectivity index (χ2n) is 7.65. The lowest BCUT2D eigenvalue weighted by Gasteiger charge is -2.53. The van der Waals surface area contributed by atoms with E-state index in [9.17, 15) is 4.79 Å². The van der Waals surface area contributed by atoms with Gasteiger partial charge < -0.3 is 25.4 Å². The Kier molecular flexibility index (Phi) is 4.48. The van der Waals surface area contributed by atoms with Crippen LogP contribution in [0.2, 0.25) is 0 Å². The average molecular weight is 323 g/mol. The second-order valence-corrected chi connectivity index (χ2v) is 7.65. The first-order chi connectivity index (χ1) is 11.3. The van der Waals surface area contributed by atoms with Gasteiger partial charge >= 0.3 is 6.09 Å². The smallest absolute Gasteiger partial charge is 0.407 e. The van der Waals surface area contributed by atoms with Gasteiger partial charge in [0.05, 0.1) is 13.2 Å². The topological polar surface area (TPSA) is 71.6 Å². The number of piperidine rings is 2. The van der Waals surface area contributed by atoms with Gasteiger partial charge in [0.25, 0.3) is 0 Å². The van der Waals surface area contributed by atoms with E-state index in [1.807, 2.05) is 0 Å². The SMILES string of the molecule is O=C1NCCC2(CCNCC2C(C2CCNCC2)C2COC2)O1. The summed E-state index contributed by atoms with van der Waals surface area (Å²) in [6.45, 7) is 6.66. The fourth-order valence-electron chi connectivity index (χ4n) is 5.25. The summed E-state index contributed by atoms with van der Waals surface area (Å²) in [5.74, 6) is 2.37. The van der Waals surface area contributed by atoms with E-state index in [1.54, 1.807) is 0 Å². The van der Waals surface area contributed by atoms with Crippen LogP contribution in [0.5, 0.6) is 0 Å². The van der Waals surface area contributed by atoms with Gasteiger partial charge in [0.15, 0.2) is 0 Å². The molecule has 3 atom stereocenters. The van der Waals surface area contributed by atoms with Gasteiger partial charge in [-0.3, -0.25) is 0 Å². The zero-order chi connectivity index (χ0) is 15.7. The minimum atomic E-state index is -0.265. The molecule has 4 aliphatic rings. The number of hydrogen-bond acceptors (Lipinski definition) is 5. The molecular weight excluding hydrogens is 294 g/mol. The molecule has 0 aromatic carbocycles. The van der Waals surface area contributed by atoms with E-state index in [0.29, 0.717) is 17.8 Å². The van der Waals surface area contributed by atoms with Gasteiger partial charge in [-0.2, -0.15) is 0 Å². The summed E-state index contributed by atoms with van der Waals surface area (Å²) in [7, 11) is 0. The van der Waals surface area contributed by atoms with Crippen LogP contribution in [0.1, 0.15) is 25.7 Å². The summed E-state index contributed by atoms with van der Waals surface area (Å²) >= 11 is 0. The van der Waals surface area contributed by atoms with Crippen LogP contribution < -0.4 is 16.0 Å². The third-order valence-corrected chi connectivity index (χ3v) is 6.48. The number of rotatable bonds is 3. The lowest BCUT2D eigenvalue weighted by atomic mass is 9.61. The molecular formula is C17H29N3O3. The fraction of sp³-hybridized carbons (Fsp3) is 0.941. The quantitative estimate of drug-likeness (QED) is 0.714. The first-order valence-electron chi connectivity index (χ1n) is 9.24. The van der Waals surface area contributed by atoms with E-state index in [2.05, 4.69) is 16.0 Å². The van der Waals surface area contributed by atoms with Gasteiger partial charge in [-0.15, -0.1) is 0 Å². The van der Waals surface area contributed by atoms with Crippen molar-refractivity contribution in [1.82, 2.24) is 16.0 Å². The maximum atomic E-state index is 11.9. The number of ether oxygens (including phenoxy) is 2. The zero-order valence-electron chi connectivity index (χ0n) is 13.8. The standard InChI is InChI=1S/C17H29N3O3/c21-16-20-8-4-17(23-16)3-7-19-9-14(17)15(13-10-22-11-13)12-1-5-18-6-2-12/h12-15,18-19H,1-11H2,(H,20,21). The molecule has 6 nitrogen and oxygen atoms in total. The molecule has 0 aliphatic carbocycles. The van der Waals surface area contributed by atoms with Crippen LogP contribution in [0.3, 0.4) is 0 Å². The number of alkyl carbamates (subject to hydrolysis) is 1. The first kappa shape index (κ1) is 15.7. The predicted octanol–water partition coefficient (Wildman–Crippen LogP) is 0.727. The van der Waals surface area contributed by atoms with Crippen molar-refractivity contribution in [2.45, 2.75) is 31.3 Å². The molecule has 4 aliphatic heterocycles. The van der Waals surface area contributed by atoms with Gasteiger partial charge in [-0.25, -0.2) is 4.79 Å². The number of carbonyl (C=O) groups excluding carboxylic acids is 1. The van der Waals surface area contributed by atoms with Crippen LogP contribution in [0, 0.1) is 23.7 Å². The van der Waals surface area contributed by atoms with Crippen molar-refractivity contribution in [2.24, 2.45) is 23.7 Å². The summed E-state index contributed by atoms with van der Waals surface area (Å²) in [6.07, 6.45) is 4.14. The lowest BCUT2D eigenvalue weighted by molar-refractivity contribution is -0.149. The van der Waals surface area contributed by atoms with Gasteiger partial charge in [0.2, 0.25) is 0 Å². The molecule has 6 heteroatoms. The van der Waals surface area contributed by atoms with Crippen LogP contribution in [0.15, 0.2) is 0 Å². The molecule has 0 bridgehead atoms. The molecule has 3 unspecified atom stereocenters. The van der Waals surface area contributed by atoms with Gasteiger partial charge in [-0.05, 0) is 44.3 Å². The second kappa shape index (κ2) is 6.57. The molecule has 4 saturated heterocycles. The van der Waals surface area contributed by atoms with Crippen molar-refractivity contribution in [2.75, 3.05) is 45.9 Å². The Balaban J connectivity index is 1.60. The number of hydrogen-bond donors (Lipinski definition) is 3. The normalized spacial score (nSPS) is 37.7. The zero-order valence-corrected chi connectivity index (χ0v) is 13.8. The summed E-state index contributed by atoms with van der Waals surface area (Å²) in [5, 5.41) is 9.89. The van der Waals surface area contributed by atoms with E-state index in [1.165, 1.54) is 12.8 Å². The third kappa shape index (κ3) is 2.96. The molecule has 23 heavy (non-hydrogen) atoms. The molecule has 4 rings (SSSR count). The third-order valence-electron chi connectivity index (χ3n) is 6.48. The van der Waals surface area contributed by atoms with E-state index < -0.39 is 0 Å². The van der Waals surface area contributed by atoms with Gasteiger partial charge in [0, 0.05) is 37.8 Å². The Morgan fingerprint density at radius 2 is 1.78 bits per heavy atom. The molecule has 0 aromatic rings. The molecule has 0 radical (unpaired) electrons. The van der Waals surface area contributed by atoms with E-state index in [4.69, 9.17) is 9.47 Å². The maximum absolute atomic E-state index is 11.9.